The average Bonchev–Trinajstić information content (AvgIpc) is 3.15. The van der Waals surface area contributed by atoms with E-state index in [0.29, 0.717) is 11.6 Å². The van der Waals surface area contributed by atoms with Gasteiger partial charge in [-0.2, -0.15) is 0 Å². The van der Waals surface area contributed by atoms with Gasteiger partial charge in [0.05, 0.1) is 6.04 Å². The molecule has 7 heteroatoms. The molecule has 0 saturated heterocycles. The van der Waals surface area contributed by atoms with Gasteiger partial charge in [0.15, 0.2) is 18.2 Å². The van der Waals surface area contributed by atoms with Crippen LogP contribution in [-0.4, -0.2) is 40.3 Å². The molecule has 0 fully saturated rings. The Morgan fingerprint density at radius 1 is 1.36 bits per heavy atom. The molecule has 3 aromatic rings. The number of hydrogen-bond acceptors (Lipinski definition) is 4. The van der Waals surface area contributed by atoms with Gasteiger partial charge in [-0.3, -0.25) is 9.59 Å². The minimum Gasteiger partial charge on any atom is -0.480 e. The van der Waals surface area contributed by atoms with E-state index in [4.69, 9.17) is 4.74 Å². The van der Waals surface area contributed by atoms with Crippen LogP contribution in [0.1, 0.15) is 24.1 Å². The zero-order valence-electron chi connectivity index (χ0n) is 15.6. The summed E-state index contributed by atoms with van der Waals surface area (Å²) in [4.78, 5) is 33.0. The molecule has 1 aromatic carbocycles. The van der Waals surface area contributed by atoms with Gasteiger partial charge in [0.2, 0.25) is 5.91 Å². The maximum Gasteiger partial charge on any atom is 0.263 e. The Bertz CT molecular complexity index is 1090. The molecule has 2 N–H and O–H groups in total. The zero-order valence-corrected chi connectivity index (χ0v) is 15.6. The summed E-state index contributed by atoms with van der Waals surface area (Å²) in [7, 11) is 1.78. The van der Waals surface area contributed by atoms with Gasteiger partial charge in [0, 0.05) is 36.4 Å². The van der Waals surface area contributed by atoms with Crippen LogP contribution < -0.4 is 10.1 Å². The number of anilines is 1. The van der Waals surface area contributed by atoms with Crippen LogP contribution in [0.3, 0.4) is 0 Å². The fourth-order valence-electron chi connectivity index (χ4n) is 3.19. The fourth-order valence-corrected chi connectivity index (χ4v) is 3.19. The average molecular weight is 376 g/mol. The monoisotopic (exact) mass is 376 g/mol. The van der Waals surface area contributed by atoms with Crippen LogP contribution in [0.4, 0.5) is 5.82 Å². The van der Waals surface area contributed by atoms with E-state index in [9.17, 15) is 9.59 Å². The van der Waals surface area contributed by atoms with Crippen molar-refractivity contribution in [2.75, 3.05) is 19.0 Å². The minimum absolute atomic E-state index is 0.0361. The predicted molar refractivity (Wildman–Crippen MR) is 107 cm³/mol. The van der Waals surface area contributed by atoms with Crippen molar-refractivity contribution in [3.63, 3.8) is 0 Å². The second kappa shape index (κ2) is 7.19. The SMILES string of the molecule is CC(c1c[nH]c2ccccc12)N(C)C(=O)C=Cc1cnc2c(c1)OCC(=O)N2. The van der Waals surface area contributed by atoms with Crippen LogP contribution in [0.5, 0.6) is 5.75 Å². The van der Waals surface area contributed by atoms with E-state index >= 15 is 0 Å². The smallest absolute Gasteiger partial charge is 0.263 e. The molecule has 1 aliphatic heterocycles. The predicted octanol–water partition coefficient (Wildman–Crippen LogP) is 3.13. The third-order valence-corrected chi connectivity index (χ3v) is 4.91. The van der Waals surface area contributed by atoms with E-state index in [1.807, 2.05) is 37.4 Å². The van der Waals surface area contributed by atoms with E-state index in [1.54, 1.807) is 30.3 Å². The molecule has 0 aliphatic carbocycles. The maximum atomic E-state index is 12.6. The number of nitrogens with zero attached hydrogens (tertiary/aromatic N) is 2. The number of carbonyl (C=O) groups excluding carboxylic acids is 2. The number of aromatic nitrogens is 2. The number of carbonyl (C=O) groups is 2. The first-order valence-corrected chi connectivity index (χ1v) is 8.96. The van der Waals surface area contributed by atoms with E-state index < -0.39 is 0 Å². The number of ether oxygens (including phenoxy) is 1. The fraction of sp³-hybridized carbons (Fsp3) is 0.190. The van der Waals surface area contributed by atoms with Crippen molar-refractivity contribution in [2.45, 2.75) is 13.0 Å². The number of hydrogen-bond donors (Lipinski definition) is 2. The number of H-pyrrole nitrogens is 1. The summed E-state index contributed by atoms with van der Waals surface area (Å²) in [6, 6.07) is 9.68. The molecule has 28 heavy (non-hydrogen) atoms. The molecule has 4 rings (SSSR count). The summed E-state index contributed by atoms with van der Waals surface area (Å²) >= 11 is 0. The quantitative estimate of drug-likeness (QED) is 0.685. The number of fused-ring (bicyclic) bond motifs is 2. The van der Waals surface area contributed by atoms with E-state index in [2.05, 4.69) is 15.3 Å². The van der Waals surface area contributed by atoms with Gasteiger partial charge < -0.3 is 19.9 Å². The topological polar surface area (TPSA) is 87.3 Å². The Labute approximate surface area is 162 Å². The molecule has 1 aliphatic rings. The first kappa shape index (κ1) is 17.8. The molecule has 1 atom stereocenters. The Hall–Kier alpha value is -3.61. The van der Waals surface area contributed by atoms with Gasteiger partial charge in [-0.1, -0.05) is 18.2 Å². The molecule has 0 radical (unpaired) electrons. The number of aromatic amines is 1. The van der Waals surface area contributed by atoms with Gasteiger partial charge in [-0.25, -0.2) is 4.98 Å². The van der Waals surface area contributed by atoms with Gasteiger partial charge in [0.1, 0.15) is 0 Å². The molecule has 0 bridgehead atoms. The van der Waals surface area contributed by atoms with Crippen molar-refractivity contribution < 1.29 is 14.3 Å². The highest BCUT2D eigenvalue weighted by Crippen LogP contribution is 2.28. The number of pyridine rings is 1. The summed E-state index contributed by atoms with van der Waals surface area (Å²) in [5.41, 5.74) is 2.84. The van der Waals surface area contributed by atoms with Gasteiger partial charge in [-0.15, -0.1) is 0 Å². The number of rotatable bonds is 4. The first-order valence-electron chi connectivity index (χ1n) is 8.96. The molecule has 1 unspecified atom stereocenters. The Balaban J connectivity index is 1.49. The second-order valence-electron chi connectivity index (χ2n) is 6.70. The van der Waals surface area contributed by atoms with Crippen molar-refractivity contribution in [3.05, 3.63) is 59.9 Å². The van der Waals surface area contributed by atoms with E-state index in [1.165, 1.54) is 6.08 Å². The van der Waals surface area contributed by atoms with E-state index in [0.717, 1.165) is 22.0 Å². The number of likely N-dealkylation sites (N-methyl/N-ethyl adjacent to an activating group) is 1. The molecular formula is C21H20N4O3. The van der Waals surface area contributed by atoms with Crippen LogP contribution in [0.25, 0.3) is 17.0 Å². The first-order chi connectivity index (χ1) is 13.5. The number of amides is 2. The highest BCUT2D eigenvalue weighted by Gasteiger charge is 2.19. The summed E-state index contributed by atoms with van der Waals surface area (Å²) in [5, 5.41) is 3.75. The molecule has 2 aromatic heterocycles. The molecule has 0 spiro atoms. The maximum absolute atomic E-state index is 12.6. The Kier molecular flexibility index (Phi) is 4.57. The third kappa shape index (κ3) is 3.34. The molecule has 2 amide bonds. The summed E-state index contributed by atoms with van der Waals surface area (Å²) in [5.74, 6) is 0.538. The van der Waals surface area contributed by atoms with Crippen LogP contribution in [-0.2, 0) is 9.59 Å². The lowest BCUT2D eigenvalue weighted by atomic mass is 10.1. The lowest BCUT2D eigenvalue weighted by Gasteiger charge is -2.23. The lowest BCUT2D eigenvalue weighted by molar-refractivity contribution is -0.126. The summed E-state index contributed by atoms with van der Waals surface area (Å²) in [6.45, 7) is 1.96. The molecule has 0 saturated carbocycles. The van der Waals surface area contributed by atoms with E-state index in [-0.39, 0.29) is 24.5 Å². The zero-order chi connectivity index (χ0) is 19.7. The van der Waals surface area contributed by atoms with Gasteiger partial charge >= 0.3 is 0 Å². The highest BCUT2D eigenvalue weighted by molar-refractivity contribution is 5.95. The van der Waals surface area contributed by atoms with Gasteiger partial charge in [-0.05, 0) is 36.3 Å². The third-order valence-electron chi connectivity index (χ3n) is 4.91. The molecule has 3 heterocycles. The largest absolute Gasteiger partial charge is 0.480 e. The second-order valence-corrected chi connectivity index (χ2v) is 6.70. The standard InChI is InChI=1S/C21H20N4O3/c1-13(16-11-22-17-6-4-3-5-15(16)17)25(2)20(27)8-7-14-9-18-21(23-10-14)24-19(26)12-28-18/h3-11,13,22H,12H2,1-2H3,(H,23,24,26). The van der Waals surface area contributed by atoms with Crippen LogP contribution in [0.15, 0.2) is 48.8 Å². The Morgan fingerprint density at radius 2 is 2.18 bits per heavy atom. The molecule has 7 nitrogen and oxygen atoms in total. The van der Waals surface area contributed by atoms with Crippen LogP contribution in [0.2, 0.25) is 0 Å². The summed E-state index contributed by atoms with van der Waals surface area (Å²) < 4.78 is 5.35. The van der Waals surface area contributed by atoms with Crippen molar-refractivity contribution in [3.8, 4) is 5.75 Å². The van der Waals surface area contributed by atoms with Crippen molar-refractivity contribution in [1.29, 1.82) is 0 Å². The van der Waals surface area contributed by atoms with Crippen molar-refractivity contribution >= 4 is 34.6 Å². The van der Waals surface area contributed by atoms with Gasteiger partial charge in [0.25, 0.3) is 5.91 Å². The molecule has 142 valence electrons. The summed E-state index contributed by atoms with van der Waals surface area (Å²) in [6.07, 6.45) is 6.73. The number of para-hydroxylation sites is 1. The molecular weight excluding hydrogens is 356 g/mol. The minimum atomic E-state index is -0.230. The normalized spacial score (nSPS) is 14.4. The lowest BCUT2D eigenvalue weighted by Crippen LogP contribution is -2.27. The van der Waals surface area contributed by atoms with Crippen LogP contribution >= 0.6 is 0 Å². The Morgan fingerprint density at radius 3 is 3.04 bits per heavy atom. The van der Waals surface area contributed by atoms with Crippen LogP contribution in [0, 0.1) is 0 Å². The van der Waals surface area contributed by atoms with Crippen molar-refractivity contribution in [2.24, 2.45) is 0 Å². The number of benzene rings is 1. The van der Waals surface area contributed by atoms with Crippen molar-refractivity contribution in [1.82, 2.24) is 14.9 Å². The highest BCUT2D eigenvalue weighted by atomic mass is 16.5. The number of nitrogens with one attached hydrogen (secondary N) is 2.